The average Bonchev–Trinajstić information content (AvgIpc) is 2.87. The largest absolute Gasteiger partial charge is 0.462 e. The van der Waals surface area contributed by atoms with Crippen molar-refractivity contribution in [1.29, 1.82) is 0 Å². The summed E-state index contributed by atoms with van der Waals surface area (Å²) in [5, 5.41) is 0. The van der Waals surface area contributed by atoms with Crippen LogP contribution in [-0.4, -0.2) is 54.1 Å². The van der Waals surface area contributed by atoms with E-state index in [1.807, 2.05) is 6.92 Å². The van der Waals surface area contributed by atoms with Crippen LogP contribution in [0.25, 0.3) is 0 Å². The van der Waals surface area contributed by atoms with E-state index in [9.17, 15) is 24.0 Å². The van der Waals surface area contributed by atoms with Crippen molar-refractivity contribution in [3.05, 3.63) is 12.2 Å². The lowest BCUT2D eigenvalue weighted by Crippen LogP contribution is -2.74. The van der Waals surface area contributed by atoms with E-state index >= 15 is 0 Å². The van der Waals surface area contributed by atoms with Crippen LogP contribution in [0, 0.1) is 34.0 Å². The predicted molar refractivity (Wildman–Crippen MR) is 130 cm³/mol. The second kappa shape index (κ2) is 8.95. The lowest BCUT2D eigenvalue weighted by atomic mass is 9.38. The van der Waals surface area contributed by atoms with Crippen molar-refractivity contribution in [3.63, 3.8) is 0 Å². The second-order valence-corrected chi connectivity index (χ2v) is 12.2. The van der Waals surface area contributed by atoms with E-state index in [2.05, 4.69) is 20.4 Å². The molecule has 0 amide bonds. The van der Waals surface area contributed by atoms with Crippen LogP contribution >= 0.6 is 0 Å². The van der Waals surface area contributed by atoms with E-state index in [0.29, 0.717) is 12.8 Å². The van der Waals surface area contributed by atoms with Gasteiger partial charge in [-0.25, -0.2) is 0 Å². The lowest BCUT2D eigenvalue weighted by molar-refractivity contribution is -0.283. The molecule has 0 saturated heterocycles. The lowest BCUT2D eigenvalue weighted by Gasteiger charge is -2.67. The third kappa shape index (κ3) is 3.91. The molecule has 0 aromatic heterocycles. The fourth-order valence-corrected chi connectivity index (χ4v) is 8.69. The highest BCUT2D eigenvalue weighted by Gasteiger charge is 2.80. The number of carbonyl (C=O) groups excluding carboxylic acids is 5. The van der Waals surface area contributed by atoms with Gasteiger partial charge in [-0.3, -0.25) is 24.0 Å². The van der Waals surface area contributed by atoms with Gasteiger partial charge in [0.2, 0.25) is 0 Å². The molecule has 0 aromatic carbocycles. The Balaban J connectivity index is 2.05. The molecule has 4 saturated carbocycles. The molecule has 2 bridgehead atoms. The van der Waals surface area contributed by atoms with E-state index in [0.717, 1.165) is 6.42 Å². The Morgan fingerprint density at radius 2 is 1.35 bits per heavy atom. The fraction of sp³-hybridized carbons (Fsp3) is 0.750. The molecule has 9 nitrogen and oxygen atoms in total. The molecule has 204 valence electrons. The minimum absolute atomic E-state index is 0.174. The van der Waals surface area contributed by atoms with E-state index in [-0.39, 0.29) is 29.1 Å². The van der Waals surface area contributed by atoms with Gasteiger partial charge in [0.1, 0.15) is 29.8 Å². The van der Waals surface area contributed by atoms with Crippen LogP contribution in [-0.2, 0) is 42.9 Å². The SMILES string of the molecule is C=C1C(=O)[C@]23[C@H]([C@@H](OC(C)=O)C[C@@H]1[C@@H]2OC(C)=O)[C@@]1(C)[C@H](C[C@H]3OC(C)=O)C(C)(C)CC[C@H]1OC(C)=O. The first-order valence-corrected chi connectivity index (χ1v) is 13.0. The van der Waals surface area contributed by atoms with E-state index < -0.39 is 71.0 Å². The van der Waals surface area contributed by atoms with E-state index in [1.165, 1.54) is 27.7 Å². The summed E-state index contributed by atoms with van der Waals surface area (Å²) in [5.74, 6) is -3.98. The summed E-state index contributed by atoms with van der Waals surface area (Å²) in [6.07, 6.45) is -1.44. The maximum atomic E-state index is 14.3. The maximum Gasteiger partial charge on any atom is 0.302 e. The Morgan fingerprint density at radius 3 is 1.89 bits per heavy atom. The van der Waals surface area contributed by atoms with Gasteiger partial charge in [0.05, 0.1) is 0 Å². The third-order valence-corrected chi connectivity index (χ3v) is 9.66. The van der Waals surface area contributed by atoms with Crippen molar-refractivity contribution >= 4 is 29.7 Å². The van der Waals surface area contributed by atoms with Gasteiger partial charge < -0.3 is 18.9 Å². The molecule has 4 aliphatic carbocycles. The predicted octanol–water partition coefficient (Wildman–Crippen LogP) is 3.32. The summed E-state index contributed by atoms with van der Waals surface area (Å²) in [5.41, 5.74) is -2.41. The Bertz CT molecular complexity index is 1060. The zero-order chi connectivity index (χ0) is 27.7. The number of ether oxygens (including phenoxy) is 4. The number of hydrogen-bond acceptors (Lipinski definition) is 9. The first kappa shape index (κ1) is 27.3. The Morgan fingerprint density at radius 1 is 0.811 bits per heavy atom. The van der Waals surface area contributed by atoms with Crippen LogP contribution in [0.3, 0.4) is 0 Å². The molecule has 1 spiro atoms. The number of carbonyl (C=O) groups is 5. The van der Waals surface area contributed by atoms with Gasteiger partial charge >= 0.3 is 23.9 Å². The van der Waals surface area contributed by atoms with Crippen molar-refractivity contribution < 1.29 is 42.9 Å². The number of hydrogen-bond donors (Lipinski definition) is 0. The normalized spacial score (nSPS) is 41.6. The van der Waals surface area contributed by atoms with Crippen LogP contribution in [0.15, 0.2) is 12.2 Å². The van der Waals surface area contributed by atoms with Gasteiger partial charge in [-0.15, -0.1) is 0 Å². The summed E-state index contributed by atoms with van der Waals surface area (Å²) in [4.78, 5) is 63.8. The van der Waals surface area contributed by atoms with E-state index in [1.54, 1.807) is 0 Å². The maximum absolute atomic E-state index is 14.3. The highest BCUT2D eigenvalue weighted by molar-refractivity contribution is 6.05. The molecule has 0 radical (unpaired) electrons. The summed E-state index contributed by atoms with van der Waals surface area (Å²) < 4.78 is 23.7. The van der Waals surface area contributed by atoms with Crippen LogP contribution < -0.4 is 0 Å². The minimum Gasteiger partial charge on any atom is -0.462 e. The van der Waals surface area contributed by atoms with Gasteiger partial charge in [-0.05, 0) is 42.6 Å². The van der Waals surface area contributed by atoms with Crippen LogP contribution in [0.2, 0.25) is 0 Å². The van der Waals surface area contributed by atoms with Gasteiger partial charge in [-0.1, -0.05) is 27.4 Å². The molecular formula is C28H38O9. The van der Waals surface area contributed by atoms with Crippen LogP contribution in [0.1, 0.15) is 74.1 Å². The van der Waals surface area contributed by atoms with Crippen LogP contribution in [0.5, 0.6) is 0 Å². The Labute approximate surface area is 217 Å². The van der Waals surface area contributed by atoms with Gasteiger partial charge in [-0.2, -0.15) is 0 Å². The van der Waals surface area contributed by atoms with Crippen LogP contribution in [0.4, 0.5) is 0 Å². The van der Waals surface area contributed by atoms with Crippen molar-refractivity contribution in [3.8, 4) is 0 Å². The smallest absolute Gasteiger partial charge is 0.302 e. The molecule has 37 heavy (non-hydrogen) atoms. The second-order valence-electron chi connectivity index (χ2n) is 12.2. The summed E-state index contributed by atoms with van der Waals surface area (Å²) in [6, 6.07) is 0. The summed E-state index contributed by atoms with van der Waals surface area (Å²) in [7, 11) is 0. The number of rotatable bonds is 4. The monoisotopic (exact) mass is 518 g/mol. The highest BCUT2D eigenvalue weighted by atomic mass is 16.6. The molecule has 9 atom stereocenters. The minimum atomic E-state index is -1.53. The molecular weight excluding hydrogens is 480 g/mol. The average molecular weight is 519 g/mol. The number of ketones is 1. The third-order valence-electron chi connectivity index (χ3n) is 9.66. The molecule has 9 heteroatoms. The fourth-order valence-electron chi connectivity index (χ4n) is 8.69. The first-order valence-electron chi connectivity index (χ1n) is 13.0. The van der Waals surface area contributed by atoms with Crippen molar-refractivity contribution in [2.75, 3.05) is 0 Å². The number of Topliss-reactive ketones (excluding diaryl/α,β-unsaturated/α-hetero) is 1. The quantitative estimate of drug-likeness (QED) is 0.313. The molecule has 4 rings (SSSR count). The number of esters is 4. The molecule has 0 aliphatic heterocycles. The van der Waals surface area contributed by atoms with Crippen molar-refractivity contribution in [2.24, 2.45) is 34.0 Å². The molecule has 4 fully saturated rings. The molecule has 0 heterocycles. The highest BCUT2D eigenvalue weighted by Crippen LogP contribution is 2.72. The van der Waals surface area contributed by atoms with Gasteiger partial charge in [0, 0.05) is 44.9 Å². The zero-order valence-electron chi connectivity index (χ0n) is 22.8. The number of fused-ring (bicyclic) bond motifs is 3. The van der Waals surface area contributed by atoms with Crippen molar-refractivity contribution in [1.82, 2.24) is 0 Å². The Hall–Kier alpha value is -2.71. The molecule has 4 aliphatic rings. The Kier molecular flexibility index (Phi) is 6.61. The van der Waals surface area contributed by atoms with Gasteiger partial charge in [0.25, 0.3) is 0 Å². The van der Waals surface area contributed by atoms with E-state index in [4.69, 9.17) is 18.9 Å². The molecule has 0 aromatic rings. The summed E-state index contributed by atoms with van der Waals surface area (Å²) in [6.45, 7) is 15.5. The summed E-state index contributed by atoms with van der Waals surface area (Å²) >= 11 is 0. The first-order chi connectivity index (χ1) is 17.1. The van der Waals surface area contributed by atoms with Crippen molar-refractivity contribution in [2.45, 2.75) is 98.6 Å². The molecule has 0 unspecified atom stereocenters. The zero-order valence-corrected chi connectivity index (χ0v) is 22.8. The topological polar surface area (TPSA) is 122 Å². The van der Waals surface area contributed by atoms with Gasteiger partial charge in [0.15, 0.2) is 5.78 Å². The standard InChI is InChI=1S/C28H38O9/c1-13-18-11-19(34-14(2)29)23-27(8)20(26(6,7)10-9-21(27)35-15(3)30)12-22(36-16(4)31)28(23,24(13)33)25(18)37-17(5)32/h18-23,25H,1,9-12H2,2-8H3/t18-,19-,20+,21+,22+,23+,25-,27-,28-/m0/s1. The molecule has 0 N–H and O–H groups in total.